The summed E-state index contributed by atoms with van der Waals surface area (Å²) in [5, 5.41) is 0. The molecule has 0 spiro atoms. The summed E-state index contributed by atoms with van der Waals surface area (Å²) in [5.74, 6) is 0. The molecular formula is C11H18NO2S+. The number of para-hydroxylation sites is 1. The summed E-state index contributed by atoms with van der Waals surface area (Å²) in [5.41, 5.74) is 0.880. The fourth-order valence-corrected chi connectivity index (χ4v) is 2.65. The molecule has 0 aliphatic carbocycles. The molecule has 1 aromatic carbocycles. The van der Waals surface area contributed by atoms with Crippen molar-refractivity contribution < 1.29 is 13.3 Å². The van der Waals surface area contributed by atoms with Crippen molar-refractivity contribution in [1.29, 1.82) is 0 Å². The van der Waals surface area contributed by atoms with E-state index in [1.807, 2.05) is 12.1 Å². The second kappa shape index (κ2) is 4.77. The smallest absolute Gasteiger partial charge is 0.181 e. The van der Waals surface area contributed by atoms with Gasteiger partial charge in [-0.1, -0.05) is 12.1 Å². The van der Waals surface area contributed by atoms with Crippen LogP contribution in [0.25, 0.3) is 0 Å². The van der Waals surface area contributed by atoms with E-state index in [0.29, 0.717) is 4.90 Å². The number of hydrogen-bond donors (Lipinski definition) is 1. The Morgan fingerprint density at radius 2 is 1.67 bits per heavy atom. The van der Waals surface area contributed by atoms with Gasteiger partial charge in [-0.15, -0.1) is 0 Å². The lowest BCUT2D eigenvalue weighted by atomic mass is 10.3. The molecule has 4 heteroatoms. The van der Waals surface area contributed by atoms with Crippen LogP contribution in [0.1, 0.15) is 13.8 Å². The van der Waals surface area contributed by atoms with Gasteiger partial charge < -0.3 is 4.90 Å². The molecule has 0 aromatic heterocycles. The predicted octanol–water partition coefficient (Wildman–Crippen LogP) is 0.646. The van der Waals surface area contributed by atoms with E-state index < -0.39 is 9.84 Å². The summed E-state index contributed by atoms with van der Waals surface area (Å²) in [6.07, 6.45) is 1.26. The topological polar surface area (TPSA) is 38.6 Å². The van der Waals surface area contributed by atoms with Gasteiger partial charge in [-0.05, 0) is 19.9 Å². The van der Waals surface area contributed by atoms with Crippen molar-refractivity contribution in [2.75, 3.05) is 19.3 Å². The summed E-state index contributed by atoms with van der Waals surface area (Å²) in [7, 11) is -3.12. The van der Waals surface area contributed by atoms with Gasteiger partial charge in [0.25, 0.3) is 0 Å². The van der Waals surface area contributed by atoms with Crippen molar-refractivity contribution in [2.24, 2.45) is 0 Å². The maximum Gasteiger partial charge on any atom is 0.181 e. The summed E-state index contributed by atoms with van der Waals surface area (Å²) in [6, 6.07) is 7.22. The van der Waals surface area contributed by atoms with Gasteiger partial charge in [-0.2, -0.15) is 0 Å². The van der Waals surface area contributed by atoms with Gasteiger partial charge >= 0.3 is 0 Å². The first-order valence-corrected chi connectivity index (χ1v) is 7.04. The van der Waals surface area contributed by atoms with E-state index in [1.165, 1.54) is 11.2 Å². The second-order valence-electron chi connectivity index (χ2n) is 3.58. The highest BCUT2D eigenvalue weighted by Gasteiger charge is 2.19. The lowest BCUT2D eigenvalue weighted by molar-refractivity contribution is -0.830. The number of benzene rings is 1. The van der Waals surface area contributed by atoms with Gasteiger partial charge in [-0.25, -0.2) is 8.42 Å². The van der Waals surface area contributed by atoms with E-state index in [0.717, 1.165) is 18.8 Å². The molecule has 84 valence electrons. The summed E-state index contributed by atoms with van der Waals surface area (Å²) in [4.78, 5) is 1.64. The minimum absolute atomic E-state index is 0.448. The Kier molecular flexibility index (Phi) is 3.88. The van der Waals surface area contributed by atoms with Crippen molar-refractivity contribution in [2.45, 2.75) is 18.7 Å². The van der Waals surface area contributed by atoms with Gasteiger partial charge in [0.2, 0.25) is 0 Å². The molecule has 15 heavy (non-hydrogen) atoms. The van der Waals surface area contributed by atoms with E-state index in [4.69, 9.17) is 0 Å². The molecule has 0 aliphatic rings. The van der Waals surface area contributed by atoms with Crippen LogP contribution in [0.3, 0.4) is 0 Å². The molecule has 0 atom stereocenters. The third kappa shape index (κ3) is 2.79. The van der Waals surface area contributed by atoms with Crippen LogP contribution in [0.4, 0.5) is 5.69 Å². The first kappa shape index (κ1) is 12.2. The number of rotatable bonds is 4. The predicted molar refractivity (Wildman–Crippen MR) is 61.3 cm³/mol. The van der Waals surface area contributed by atoms with Crippen LogP contribution >= 0.6 is 0 Å². The van der Waals surface area contributed by atoms with E-state index in [2.05, 4.69) is 13.8 Å². The highest BCUT2D eigenvalue weighted by molar-refractivity contribution is 7.90. The van der Waals surface area contributed by atoms with Crippen molar-refractivity contribution in [1.82, 2.24) is 0 Å². The zero-order valence-corrected chi connectivity index (χ0v) is 10.3. The van der Waals surface area contributed by atoms with Crippen molar-refractivity contribution >= 4 is 15.5 Å². The zero-order chi connectivity index (χ0) is 11.5. The third-order valence-corrected chi connectivity index (χ3v) is 3.68. The number of hydrogen-bond acceptors (Lipinski definition) is 2. The lowest BCUT2D eigenvalue weighted by Crippen LogP contribution is -3.06. The molecular weight excluding hydrogens is 210 g/mol. The summed E-state index contributed by atoms with van der Waals surface area (Å²) in [6.45, 7) is 5.89. The Morgan fingerprint density at radius 1 is 1.13 bits per heavy atom. The average Bonchev–Trinajstić information content (AvgIpc) is 2.19. The van der Waals surface area contributed by atoms with Gasteiger partial charge in [0, 0.05) is 12.3 Å². The molecule has 1 N–H and O–H groups in total. The Hall–Kier alpha value is -0.870. The van der Waals surface area contributed by atoms with Gasteiger partial charge in [0.05, 0.1) is 13.1 Å². The lowest BCUT2D eigenvalue weighted by Gasteiger charge is -2.17. The standard InChI is InChI=1S/C11H17NO2S/c1-4-12(5-2)10-8-6-7-9-11(10)15(3,13)14/h6-9H,4-5H2,1-3H3/p+1. The number of sulfone groups is 1. The molecule has 0 amide bonds. The van der Waals surface area contributed by atoms with Crippen LogP contribution in [0.5, 0.6) is 0 Å². The molecule has 0 heterocycles. The average molecular weight is 228 g/mol. The molecule has 1 aromatic rings. The first-order valence-electron chi connectivity index (χ1n) is 5.14. The van der Waals surface area contributed by atoms with Crippen LogP contribution in [-0.4, -0.2) is 27.8 Å². The second-order valence-corrected chi connectivity index (χ2v) is 5.56. The summed E-state index contributed by atoms with van der Waals surface area (Å²) < 4.78 is 23.2. The highest BCUT2D eigenvalue weighted by Crippen LogP contribution is 2.16. The van der Waals surface area contributed by atoms with Gasteiger partial charge in [0.1, 0.15) is 10.6 Å². The molecule has 0 unspecified atom stereocenters. The van der Waals surface area contributed by atoms with Crippen LogP contribution in [-0.2, 0) is 9.84 Å². The Bertz CT molecular complexity index is 422. The molecule has 0 radical (unpaired) electrons. The maximum absolute atomic E-state index is 11.6. The van der Waals surface area contributed by atoms with Crippen molar-refractivity contribution in [3.05, 3.63) is 24.3 Å². The van der Waals surface area contributed by atoms with E-state index >= 15 is 0 Å². The minimum atomic E-state index is -3.12. The number of nitrogens with one attached hydrogen (secondary N) is 1. The molecule has 0 aliphatic heterocycles. The Balaban J connectivity index is 3.29. The normalized spacial score (nSPS) is 12.0. The van der Waals surface area contributed by atoms with E-state index in [9.17, 15) is 8.42 Å². The molecule has 0 saturated carbocycles. The molecule has 0 fully saturated rings. The molecule has 0 saturated heterocycles. The molecule has 3 nitrogen and oxygen atoms in total. The van der Waals surface area contributed by atoms with Crippen LogP contribution in [0, 0.1) is 0 Å². The van der Waals surface area contributed by atoms with E-state index in [-0.39, 0.29) is 0 Å². The van der Waals surface area contributed by atoms with Crippen LogP contribution in [0.15, 0.2) is 29.2 Å². The van der Waals surface area contributed by atoms with Crippen LogP contribution < -0.4 is 4.90 Å². The van der Waals surface area contributed by atoms with Crippen molar-refractivity contribution in [3.63, 3.8) is 0 Å². The quantitative estimate of drug-likeness (QED) is 0.821. The third-order valence-electron chi connectivity index (χ3n) is 2.52. The molecule has 0 bridgehead atoms. The van der Waals surface area contributed by atoms with Gasteiger partial charge in [0.15, 0.2) is 9.84 Å². The highest BCUT2D eigenvalue weighted by atomic mass is 32.2. The zero-order valence-electron chi connectivity index (χ0n) is 9.45. The SMILES string of the molecule is CC[NH+](CC)c1ccccc1S(C)(=O)=O. The minimum Gasteiger partial charge on any atom is -0.302 e. The summed E-state index contributed by atoms with van der Waals surface area (Å²) >= 11 is 0. The number of quaternary nitrogens is 1. The van der Waals surface area contributed by atoms with Crippen LogP contribution in [0.2, 0.25) is 0 Å². The Labute approximate surface area is 91.6 Å². The van der Waals surface area contributed by atoms with E-state index in [1.54, 1.807) is 12.1 Å². The largest absolute Gasteiger partial charge is 0.302 e. The fraction of sp³-hybridized carbons (Fsp3) is 0.455. The monoisotopic (exact) mass is 228 g/mol. The fourth-order valence-electron chi connectivity index (χ4n) is 1.71. The van der Waals surface area contributed by atoms with Gasteiger partial charge in [-0.3, -0.25) is 0 Å². The molecule has 1 rings (SSSR count). The first-order chi connectivity index (χ1) is 7.00. The maximum atomic E-state index is 11.6. The Morgan fingerprint density at radius 3 is 2.13 bits per heavy atom. The van der Waals surface area contributed by atoms with Crippen molar-refractivity contribution in [3.8, 4) is 0 Å².